The van der Waals surface area contributed by atoms with Crippen molar-refractivity contribution in [3.05, 3.63) is 29.8 Å². The van der Waals surface area contributed by atoms with E-state index in [0.717, 1.165) is 6.29 Å². The van der Waals surface area contributed by atoms with Crippen molar-refractivity contribution in [2.75, 3.05) is 0 Å². The third-order valence-corrected chi connectivity index (χ3v) is 5.01. The van der Waals surface area contributed by atoms with Gasteiger partial charge in [0.1, 0.15) is 6.29 Å². The first kappa shape index (κ1) is 13.9. The second-order valence-electron chi connectivity index (χ2n) is 4.93. The standard InChI is InChI=1S/C13H18O3S/c1-10(2)17(15,16)12-8-6-5-7-11(12)13(3,4)9-14/h5-10H,1-4H3. The van der Waals surface area contributed by atoms with Crippen LogP contribution < -0.4 is 0 Å². The van der Waals surface area contributed by atoms with E-state index in [2.05, 4.69) is 0 Å². The Labute approximate surface area is 103 Å². The smallest absolute Gasteiger partial charge is 0.180 e. The lowest BCUT2D eigenvalue weighted by Gasteiger charge is -2.22. The van der Waals surface area contributed by atoms with Crippen LogP contribution in [0.2, 0.25) is 0 Å². The highest BCUT2D eigenvalue weighted by Crippen LogP contribution is 2.29. The highest BCUT2D eigenvalue weighted by Gasteiger charge is 2.29. The molecule has 1 aromatic rings. The molecule has 4 heteroatoms. The highest BCUT2D eigenvalue weighted by molar-refractivity contribution is 7.92. The first-order valence-corrected chi connectivity index (χ1v) is 7.08. The third-order valence-electron chi connectivity index (χ3n) is 2.80. The Balaban J connectivity index is 3.53. The van der Waals surface area contributed by atoms with Crippen LogP contribution in [-0.2, 0) is 20.0 Å². The Hall–Kier alpha value is -1.16. The maximum atomic E-state index is 12.2. The summed E-state index contributed by atoms with van der Waals surface area (Å²) < 4.78 is 24.4. The van der Waals surface area contributed by atoms with E-state index in [9.17, 15) is 13.2 Å². The molecule has 0 saturated heterocycles. The lowest BCUT2D eigenvalue weighted by Crippen LogP contribution is -2.24. The molecule has 0 heterocycles. The summed E-state index contributed by atoms with van der Waals surface area (Å²) in [6.45, 7) is 6.71. The van der Waals surface area contributed by atoms with Crippen molar-refractivity contribution in [3.63, 3.8) is 0 Å². The predicted octanol–water partition coefficient (Wildman–Crippen LogP) is 2.35. The number of hydrogen-bond donors (Lipinski definition) is 0. The molecule has 0 saturated carbocycles. The molecular weight excluding hydrogens is 236 g/mol. The summed E-state index contributed by atoms with van der Waals surface area (Å²) in [6.07, 6.45) is 0.779. The molecule has 0 fully saturated rings. The number of sulfone groups is 1. The number of carbonyl (C=O) groups excluding carboxylic acids is 1. The molecule has 0 aliphatic heterocycles. The fourth-order valence-electron chi connectivity index (χ4n) is 1.56. The van der Waals surface area contributed by atoms with Gasteiger partial charge in [0.25, 0.3) is 0 Å². The predicted molar refractivity (Wildman–Crippen MR) is 67.9 cm³/mol. The average molecular weight is 254 g/mol. The van der Waals surface area contributed by atoms with E-state index in [1.807, 2.05) is 0 Å². The first-order valence-electron chi connectivity index (χ1n) is 5.53. The van der Waals surface area contributed by atoms with Gasteiger partial charge in [-0.2, -0.15) is 0 Å². The van der Waals surface area contributed by atoms with Crippen LogP contribution in [-0.4, -0.2) is 20.0 Å². The molecule has 17 heavy (non-hydrogen) atoms. The van der Waals surface area contributed by atoms with Gasteiger partial charge in [0.05, 0.1) is 10.1 Å². The van der Waals surface area contributed by atoms with Crippen molar-refractivity contribution < 1.29 is 13.2 Å². The van der Waals surface area contributed by atoms with Gasteiger partial charge >= 0.3 is 0 Å². The van der Waals surface area contributed by atoms with Crippen LogP contribution in [0.25, 0.3) is 0 Å². The summed E-state index contributed by atoms with van der Waals surface area (Å²) in [4.78, 5) is 11.3. The van der Waals surface area contributed by atoms with Gasteiger partial charge in [-0.25, -0.2) is 8.42 Å². The molecular formula is C13H18O3S. The lowest BCUT2D eigenvalue weighted by atomic mass is 9.86. The zero-order chi connectivity index (χ0) is 13.3. The quantitative estimate of drug-likeness (QED) is 0.775. The largest absolute Gasteiger partial charge is 0.302 e. The van der Waals surface area contributed by atoms with Crippen molar-refractivity contribution in [2.24, 2.45) is 0 Å². The number of carbonyl (C=O) groups is 1. The molecule has 0 aliphatic carbocycles. The summed E-state index contributed by atoms with van der Waals surface area (Å²) in [5, 5.41) is -0.494. The van der Waals surface area contributed by atoms with Gasteiger partial charge in [-0.3, -0.25) is 0 Å². The number of hydrogen-bond acceptors (Lipinski definition) is 3. The van der Waals surface area contributed by atoms with E-state index >= 15 is 0 Å². The van der Waals surface area contributed by atoms with Gasteiger partial charge in [-0.05, 0) is 39.3 Å². The maximum absolute atomic E-state index is 12.2. The molecule has 1 aromatic carbocycles. The van der Waals surface area contributed by atoms with Crippen LogP contribution in [0.1, 0.15) is 33.3 Å². The van der Waals surface area contributed by atoms with Crippen LogP contribution in [0.3, 0.4) is 0 Å². The summed E-state index contributed by atoms with van der Waals surface area (Å²) in [5.74, 6) is 0. The summed E-state index contributed by atoms with van der Waals surface area (Å²) in [7, 11) is -3.36. The molecule has 0 spiro atoms. The summed E-state index contributed by atoms with van der Waals surface area (Å²) >= 11 is 0. The van der Waals surface area contributed by atoms with Gasteiger partial charge in [-0.15, -0.1) is 0 Å². The van der Waals surface area contributed by atoms with E-state index in [4.69, 9.17) is 0 Å². The Morgan fingerprint density at radius 2 is 1.71 bits per heavy atom. The normalized spacial score (nSPS) is 12.8. The summed E-state index contributed by atoms with van der Waals surface area (Å²) in [5.41, 5.74) is -0.234. The molecule has 0 atom stereocenters. The Kier molecular flexibility index (Phi) is 3.77. The zero-order valence-corrected chi connectivity index (χ0v) is 11.4. The van der Waals surface area contributed by atoms with Gasteiger partial charge < -0.3 is 4.79 Å². The lowest BCUT2D eigenvalue weighted by molar-refractivity contribution is -0.111. The van der Waals surface area contributed by atoms with Crippen molar-refractivity contribution in [1.82, 2.24) is 0 Å². The minimum atomic E-state index is -3.36. The Morgan fingerprint density at radius 3 is 2.18 bits per heavy atom. The topological polar surface area (TPSA) is 51.2 Å². The molecule has 0 radical (unpaired) electrons. The van der Waals surface area contributed by atoms with Crippen LogP contribution in [0.4, 0.5) is 0 Å². The minimum absolute atomic E-state index is 0.257. The Morgan fingerprint density at radius 1 is 1.18 bits per heavy atom. The first-order chi connectivity index (χ1) is 7.73. The minimum Gasteiger partial charge on any atom is -0.302 e. The zero-order valence-electron chi connectivity index (χ0n) is 10.6. The molecule has 0 unspecified atom stereocenters. The van der Waals surface area contributed by atoms with E-state index in [-0.39, 0.29) is 4.90 Å². The second kappa shape index (κ2) is 4.61. The van der Waals surface area contributed by atoms with E-state index in [1.165, 1.54) is 0 Å². The van der Waals surface area contributed by atoms with Crippen LogP contribution in [0, 0.1) is 0 Å². The maximum Gasteiger partial charge on any atom is 0.180 e. The number of rotatable bonds is 4. The van der Waals surface area contributed by atoms with Crippen molar-refractivity contribution in [1.29, 1.82) is 0 Å². The van der Waals surface area contributed by atoms with Crippen molar-refractivity contribution in [2.45, 2.75) is 43.3 Å². The SMILES string of the molecule is CC(C)S(=O)(=O)c1ccccc1C(C)(C)C=O. The van der Waals surface area contributed by atoms with E-state index in [1.54, 1.807) is 52.0 Å². The molecule has 94 valence electrons. The second-order valence-corrected chi connectivity index (χ2v) is 7.40. The molecule has 0 N–H and O–H groups in total. The van der Waals surface area contributed by atoms with E-state index in [0.29, 0.717) is 5.56 Å². The molecule has 3 nitrogen and oxygen atoms in total. The van der Waals surface area contributed by atoms with E-state index < -0.39 is 20.5 Å². The van der Waals surface area contributed by atoms with Gasteiger partial charge in [0, 0.05) is 5.41 Å². The van der Waals surface area contributed by atoms with Crippen LogP contribution >= 0.6 is 0 Å². The molecule has 0 aliphatic rings. The molecule has 0 aromatic heterocycles. The highest BCUT2D eigenvalue weighted by atomic mass is 32.2. The molecule has 0 amide bonds. The average Bonchev–Trinajstić information content (AvgIpc) is 2.29. The number of benzene rings is 1. The van der Waals surface area contributed by atoms with Gasteiger partial charge in [-0.1, -0.05) is 18.2 Å². The monoisotopic (exact) mass is 254 g/mol. The summed E-state index contributed by atoms with van der Waals surface area (Å²) in [6, 6.07) is 6.69. The van der Waals surface area contributed by atoms with Crippen LogP contribution in [0.15, 0.2) is 29.2 Å². The molecule has 0 bridgehead atoms. The molecule has 1 rings (SSSR count). The fourth-order valence-corrected chi connectivity index (χ4v) is 2.98. The van der Waals surface area contributed by atoms with Crippen LogP contribution in [0.5, 0.6) is 0 Å². The van der Waals surface area contributed by atoms with Crippen molar-refractivity contribution >= 4 is 16.1 Å². The third kappa shape index (κ3) is 2.57. The van der Waals surface area contributed by atoms with Gasteiger partial charge in [0.15, 0.2) is 9.84 Å². The Bertz CT molecular complexity index is 513. The fraction of sp³-hybridized carbons (Fsp3) is 0.462. The number of aldehydes is 1. The van der Waals surface area contributed by atoms with Crippen molar-refractivity contribution in [3.8, 4) is 0 Å². The van der Waals surface area contributed by atoms with Gasteiger partial charge in [0.2, 0.25) is 0 Å².